The highest BCUT2D eigenvalue weighted by Crippen LogP contribution is 2.23. The fourth-order valence-corrected chi connectivity index (χ4v) is 2.69. The highest BCUT2D eigenvalue weighted by atomic mass is 16.2. The molecule has 19 heavy (non-hydrogen) atoms. The minimum Gasteiger partial charge on any atom is -0.348 e. The molecule has 4 heteroatoms. The maximum atomic E-state index is 12.3. The van der Waals surface area contributed by atoms with Crippen molar-refractivity contribution in [3.8, 4) is 0 Å². The van der Waals surface area contributed by atoms with E-state index in [4.69, 9.17) is 5.73 Å². The number of nitrogens with zero attached hydrogens (tertiary/aromatic N) is 1. The van der Waals surface area contributed by atoms with Crippen LogP contribution in [0, 0.1) is 5.92 Å². The van der Waals surface area contributed by atoms with Gasteiger partial charge in [0.05, 0.1) is 17.7 Å². The summed E-state index contributed by atoms with van der Waals surface area (Å²) in [5.74, 6) is 0.0289. The third-order valence-corrected chi connectivity index (χ3v) is 3.90. The predicted octanol–water partition coefficient (Wildman–Crippen LogP) is 2.17. The molecular formula is C15H23N3O. The molecular weight excluding hydrogens is 238 g/mol. The first kappa shape index (κ1) is 14.0. The molecule has 0 aromatic carbocycles. The molecule has 1 aromatic rings. The third kappa shape index (κ3) is 3.77. The van der Waals surface area contributed by atoms with Gasteiger partial charge in [-0.3, -0.25) is 9.78 Å². The Balaban J connectivity index is 1.96. The van der Waals surface area contributed by atoms with E-state index in [2.05, 4.69) is 10.3 Å². The van der Waals surface area contributed by atoms with Gasteiger partial charge in [-0.05, 0) is 31.9 Å². The first-order chi connectivity index (χ1) is 9.18. The molecule has 3 atom stereocenters. The van der Waals surface area contributed by atoms with E-state index in [1.807, 2.05) is 25.1 Å². The molecule has 3 N–H and O–H groups in total. The quantitative estimate of drug-likeness (QED) is 0.819. The number of carbonyl (C=O) groups is 1. The van der Waals surface area contributed by atoms with Crippen LogP contribution in [0.25, 0.3) is 0 Å². The molecule has 1 aliphatic rings. The molecule has 2 unspecified atom stereocenters. The van der Waals surface area contributed by atoms with Crippen LogP contribution in [-0.2, 0) is 4.79 Å². The normalized spacial score (nSPS) is 25.4. The minimum absolute atomic E-state index is 0.00145. The molecule has 104 valence electrons. The molecule has 0 radical (unpaired) electrons. The lowest BCUT2D eigenvalue weighted by atomic mass is 9.94. The molecule has 4 nitrogen and oxygen atoms in total. The lowest BCUT2D eigenvalue weighted by Gasteiger charge is -2.23. The van der Waals surface area contributed by atoms with Crippen molar-refractivity contribution in [3.05, 3.63) is 30.1 Å². The van der Waals surface area contributed by atoms with E-state index in [-0.39, 0.29) is 23.9 Å². The van der Waals surface area contributed by atoms with Crippen molar-refractivity contribution >= 4 is 5.91 Å². The number of amides is 1. The fourth-order valence-electron chi connectivity index (χ4n) is 2.69. The number of nitrogens with one attached hydrogen (secondary N) is 1. The van der Waals surface area contributed by atoms with Crippen molar-refractivity contribution in [2.24, 2.45) is 11.7 Å². The molecule has 1 heterocycles. The number of hydrogen-bond acceptors (Lipinski definition) is 3. The van der Waals surface area contributed by atoms with Crippen molar-refractivity contribution < 1.29 is 4.79 Å². The predicted molar refractivity (Wildman–Crippen MR) is 75.3 cm³/mol. The number of pyridine rings is 1. The molecule has 0 saturated heterocycles. The van der Waals surface area contributed by atoms with Crippen LogP contribution in [0.1, 0.15) is 50.8 Å². The van der Waals surface area contributed by atoms with E-state index in [1.165, 1.54) is 6.42 Å². The van der Waals surface area contributed by atoms with Crippen LogP contribution in [0.4, 0.5) is 0 Å². The summed E-state index contributed by atoms with van der Waals surface area (Å²) in [5.41, 5.74) is 7.00. The molecule has 0 bridgehead atoms. The van der Waals surface area contributed by atoms with E-state index >= 15 is 0 Å². The van der Waals surface area contributed by atoms with Crippen LogP contribution in [-0.4, -0.2) is 16.9 Å². The largest absolute Gasteiger partial charge is 0.348 e. The smallest absolute Gasteiger partial charge is 0.225 e. The maximum absolute atomic E-state index is 12.3. The van der Waals surface area contributed by atoms with Gasteiger partial charge in [0.2, 0.25) is 5.91 Å². The van der Waals surface area contributed by atoms with Gasteiger partial charge in [0, 0.05) is 12.2 Å². The van der Waals surface area contributed by atoms with E-state index in [9.17, 15) is 4.79 Å². The summed E-state index contributed by atoms with van der Waals surface area (Å²) in [7, 11) is 0. The Morgan fingerprint density at radius 3 is 2.89 bits per heavy atom. The van der Waals surface area contributed by atoms with Crippen molar-refractivity contribution in [2.75, 3.05) is 0 Å². The SMILES string of the molecule is C[C@@H](NC(=O)C1CCCCCC1N)c1ccccn1. The minimum atomic E-state index is -0.0656. The first-order valence-corrected chi connectivity index (χ1v) is 7.15. The van der Waals surface area contributed by atoms with Gasteiger partial charge in [-0.15, -0.1) is 0 Å². The summed E-state index contributed by atoms with van der Waals surface area (Å²) < 4.78 is 0. The van der Waals surface area contributed by atoms with Crippen LogP contribution >= 0.6 is 0 Å². The first-order valence-electron chi connectivity index (χ1n) is 7.15. The fraction of sp³-hybridized carbons (Fsp3) is 0.600. The number of rotatable bonds is 3. The van der Waals surface area contributed by atoms with Crippen LogP contribution in [0.5, 0.6) is 0 Å². The van der Waals surface area contributed by atoms with Crippen molar-refractivity contribution in [3.63, 3.8) is 0 Å². The summed E-state index contributed by atoms with van der Waals surface area (Å²) in [4.78, 5) is 16.6. The van der Waals surface area contributed by atoms with Crippen LogP contribution in [0.3, 0.4) is 0 Å². The van der Waals surface area contributed by atoms with Crippen molar-refractivity contribution in [1.29, 1.82) is 0 Å². The Labute approximate surface area is 114 Å². The van der Waals surface area contributed by atoms with E-state index in [0.717, 1.165) is 31.4 Å². The topological polar surface area (TPSA) is 68.0 Å². The summed E-state index contributed by atoms with van der Waals surface area (Å²) >= 11 is 0. The van der Waals surface area contributed by atoms with E-state index in [0.29, 0.717) is 0 Å². The Morgan fingerprint density at radius 2 is 2.16 bits per heavy atom. The lowest BCUT2D eigenvalue weighted by Crippen LogP contribution is -2.42. The van der Waals surface area contributed by atoms with Gasteiger partial charge in [0.25, 0.3) is 0 Å². The van der Waals surface area contributed by atoms with Crippen LogP contribution < -0.4 is 11.1 Å². The maximum Gasteiger partial charge on any atom is 0.225 e. The molecule has 1 aromatic heterocycles. The molecule has 1 fully saturated rings. The van der Waals surface area contributed by atoms with Gasteiger partial charge in [0.15, 0.2) is 0 Å². The monoisotopic (exact) mass is 261 g/mol. The second-order valence-electron chi connectivity index (χ2n) is 5.39. The summed E-state index contributed by atoms with van der Waals surface area (Å²) in [5, 5.41) is 3.04. The molecule has 0 spiro atoms. The molecule has 2 rings (SSSR count). The summed E-state index contributed by atoms with van der Waals surface area (Å²) in [6.07, 6.45) is 7.03. The molecule has 1 saturated carbocycles. The number of hydrogen-bond donors (Lipinski definition) is 2. The lowest BCUT2D eigenvalue weighted by molar-refractivity contribution is -0.126. The van der Waals surface area contributed by atoms with Crippen LogP contribution in [0.2, 0.25) is 0 Å². The molecule has 1 aliphatic carbocycles. The average molecular weight is 261 g/mol. The van der Waals surface area contributed by atoms with E-state index in [1.54, 1.807) is 6.20 Å². The van der Waals surface area contributed by atoms with Gasteiger partial charge < -0.3 is 11.1 Å². The average Bonchev–Trinajstić information content (AvgIpc) is 2.64. The second kappa shape index (κ2) is 6.66. The van der Waals surface area contributed by atoms with Gasteiger partial charge in [-0.25, -0.2) is 0 Å². The molecule has 0 aliphatic heterocycles. The Hall–Kier alpha value is -1.42. The zero-order chi connectivity index (χ0) is 13.7. The number of carbonyl (C=O) groups excluding carboxylic acids is 1. The van der Waals surface area contributed by atoms with Gasteiger partial charge in [-0.2, -0.15) is 0 Å². The third-order valence-electron chi connectivity index (χ3n) is 3.90. The van der Waals surface area contributed by atoms with Gasteiger partial charge in [-0.1, -0.05) is 25.3 Å². The van der Waals surface area contributed by atoms with Gasteiger partial charge in [0.1, 0.15) is 0 Å². The molecule has 1 amide bonds. The summed E-state index contributed by atoms with van der Waals surface area (Å²) in [6, 6.07) is 5.67. The van der Waals surface area contributed by atoms with Crippen molar-refractivity contribution in [2.45, 2.75) is 51.1 Å². The van der Waals surface area contributed by atoms with Crippen molar-refractivity contribution in [1.82, 2.24) is 10.3 Å². The highest BCUT2D eigenvalue weighted by molar-refractivity contribution is 5.79. The Kier molecular flexibility index (Phi) is 4.91. The number of nitrogens with two attached hydrogens (primary N) is 1. The highest BCUT2D eigenvalue weighted by Gasteiger charge is 2.27. The van der Waals surface area contributed by atoms with E-state index < -0.39 is 0 Å². The summed E-state index contributed by atoms with van der Waals surface area (Å²) in [6.45, 7) is 1.96. The van der Waals surface area contributed by atoms with Crippen LogP contribution in [0.15, 0.2) is 24.4 Å². The zero-order valence-electron chi connectivity index (χ0n) is 11.5. The Morgan fingerprint density at radius 1 is 1.37 bits per heavy atom. The zero-order valence-corrected chi connectivity index (χ0v) is 11.5. The Bertz CT molecular complexity index is 407. The second-order valence-corrected chi connectivity index (χ2v) is 5.39. The number of aromatic nitrogens is 1. The standard InChI is InChI=1S/C15H23N3O/c1-11(14-9-5-6-10-17-14)18-15(19)12-7-3-2-4-8-13(12)16/h5-6,9-13H,2-4,7-8,16H2,1H3,(H,18,19)/t11-,12?,13?/m1/s1. The van der Waals surface area contributed by atoms with Gasteiger partial charge >= 0.3 is 0 Å².